The molecule has 1 amide bonds. The van der Waals surface area contributed by atoms with E-state index >= 15 is 0 Å². The Balaban J connectivity index is 2.15. The Hall–Kier alpha value is -1.13. The lowest BCUT2D eigenvalue weighted by Gasteiger charge is -2.05. The van der Waals surface area contributed by atoms with Crippen LogP contribution in [0, 0.1) is 6.92 Å². The van der Waals surface area contributed by atoms with Gasteiger partial charge in [-0.3, -0.25) is 4.79 Å². The summed E-state index contributed by atoms with van der Waals surface area (Å²) in [6.07, 6.45) is 0. The van der Waals surface area contributed by atoms with Crippen molar-refractivity contribution in [2.24, 2.45) is 0 Å². The molecule has 4 heteroatoms. The average molecular weight is 296 g/mol. The van der Waals surface area contributed by atoms with Crippen LogP contribution in [0.2, 0.25) is 0 Å². The van der Waals surface area contributed by atoms with Crippen molar-refractivity contribution in [1.29, 1.82) is 0 Å². The van der Waals surface area contributed by atoms with Crippen molar-refractivity contribution >= 4 is 38.9 Å². The van der Waals surface area contributed by atoms with Crippen molar-refractivity contribution < 1.29 is 4.79 Å². The number of amides is 1. The molecule has 0 bridgehead atoms. The van der Waals surface area contributed by atoms with Crippen LogP contribution in [-0.2, 0) is 0 Å². The number of benzene rings is 1. The minimum Gasteiger partial charge on any atom is -0.322 e. The Morgan fingerprint density at radius 1 is 1.38 bits per heavy atom. The maximum atomic E-state index is 11.8. The van der Waals surface area contributed by atoms with Crippen LogP contribution in [0.3, 0.4) is 0 Å². The molecule has 0 spiro atoms. The molecule has 1 heterocycles. The van der Waals surface area contributed by atoms with E-state index in [1.807, 2.05) is 41.9 Å². The zero-order chi connectivity index (χ0) is 11.5. The summed E-state index contributed by atoms with van der Waals surface area (Å²) in [5, 5.41) is 6.57. The third-order valence-corrected chi connectivity index (χ3v) is 3.75. The Kier molecular flexibility index (Phi) is 3.41. The van der Waals surface area contributed by atoms with Crippen LogP contribution in [0.1, 0.15) is 15.9 Å². The van der Waals surface area contributed by atoms with Crippen LogP contribution in [0.25, 0.3) is 0 Å². The maximum Gasteiger partial charge on any atom is 0.256 e. The van der Waals surface area contributed by atoms with Crippen molar-refractivity contribution in [2.45, 2.75) is 6.92 Å². The molecule has 0 unspecified atom stereocenters. The van der Waals surface area contributed by atoms with Gasteiger partial charge in [0.15, 0.2) is 0 Å². The van der Waals surface area contributed by atoms with Crippen molar-refractivity contribution in [1.82, 2.24) is 0 Å². The molecular formula is C12H10BrNOS. The lowest BCUT2D eigenvalue weighted by Crippen LogP contribution is -2.10. The predicted molar refractivity (Wildman–Crippen MR) is 71.2 cm³/mol. The highest BCUT2D eigenvalue weighted by Gasteiger charge is 2.06. The van der Waals surface area contributed by atoms with Gasteiger partial charge in [-0.05, 0) is 36.1 Å². The zero-order valence-corrected chi connectivity index (χ0v) is 11.1. The number of nitrogens with one attached hydrogen (secondary N) is 1. The van der Waals surface area contributed by atoms with Gasteiger partial charge >= 0.3 is 0 Å². The highest BCUT2D eigenvalue weighted by atomic mass is 79.9. The van der Waals surface area contributed by atoms with Gasteiger partial charge in [0.1, 0.15) is 0 Å². The van der Waals surface area contributed by atoms with E-state index in [9.17, 15) is 4.79 Å². The molecule has 1 aromatic carbocycles. The third kappa shape index (κ3) is 2.51. The molecule has 2 rings (SSSR count). The van der Waals surface area contributed by atoms with Gasteiger partial charge < -0.3 is 5.32 Å². The van der Waals surface area contributed by atoms with E-state index in [0.29, 0.717) is 5.56 Å². The number of rotatable bonds is 2. The van der Waals surface area contributed by atoms with E-state index in [0.717, 1.165) is 15.7 Å². The summed E-state index contributed by atoms with van der Waals surface area (Å²) in [5.74, 6) is -0.0722. The number of anilines is 1. The van der Waals surface area contributed by atoms with Crippen LogP contribution < -0.4 is 5.32 Å². The van der Waals surface area contributed by atoms with Gasteiger partial charge in [0.2, 0.25) is 0 Å². The standard InChI is InChI=1S/C12H10BrNOS/c1-8-2-3-10(6-11(8)13)14-12(15)9-4-5-16-7-9/h2-7H,1H3,(H,14,15). The molecule has 0 fully saturated rings. The molecule has 16 heavy (non-hydrogen) atoms. The van der Waals surface area contributed by atoms with Gasteiger partial charge in [0.25, 0.3) is 5.91 Å². The SMILES string of the molecule is Cc1ccc(NC(=O)c2ccsc2)cc1Br. The zero-order valence-electron chi connectivity index (χ0n) is 8.66. The predicted octanol–water partition coefficient (Wildman–Crippen LogP) is 4.07. The Bertz CT molecular complexity index is 508. The minimum atomic E-state index is -0.0722. The largest absolute Gasteiger partial charge is 0.322 e. The van der Waals surface area contributed by atoms with Crippen LogP contribution >= 0.6 is 27.3 Å². The van der Waals surface area contributed by atoms with Gasteiger partial charge in [-0.2, -0.15) is 11.3 Å². The molecule has 0 aliphatic carbocycles. The first-order valence-electron chi connectivity index (χ1n) is 4.76. The molecule has 1 aromatic heterocycles. The second-order valence-electron chi connectivity index (χ2n) is 3.43. The lowest BCUT2D eigenvalue weighted by molar-refractivity contribution is 0.102. The summed E-state index contributed by atoms with van der Waals surface area (Å²) >= 11 is 4.95. The smallest absolute Gasteiger partial charge is 0.256 e. The summed E-state index contributed by atoms with van der Waals surface area (Å²) in [4.78, 5) is 11.8. The number of carbonyl (C=O) groups excluding carboxylic acids is 1. The number of carbonyl (C=O) groups is 1. The molecular weight excluding hydrogens is 286 g/mol. The van der Waals surface area contributed by atoms with Crippen LogP contribution in [0.15, 0.2) is 39.5 Å². The topological polar surface area (TPSA) is 29.1 Å². The Morgan fingerprint density at radius 3 is 2.81 bits per heavy atom. The number of halogens is 1. The summed E-state index contributed by atoms with van der Waals surface area (Å²) < 4.78 is 0.996. The van der Waals surface area contributed by atoms with E-state index in [1.165, 1.54) is 11.3 Å². The summed E-state index contributed by atoms with van der Waals surface area (Å²) in [6.45, 7) is 2.01. The van der Waals surface area contributed by atoms with Gasteiger partial charge in [-0.25, -0.2) is 0 Å². The van der Waals surface area contributed by atoms with Crippen molar-refractivity contribution in [2.75, 3.05) is 5.32 Å². The fourth-order valence-electron chi connectivity index (χ4n) is 1.27. The van der Waals surface area contributed by atoms with E-state index in [-0.39, 0.29) is 5.91 Å². The van der Waals surface area contributed by atoms with Crippen molar-refractivity contribution in [3.05, 3.63) is 50.6 Å². The molecule has 0 saturated heterocycles. The highest BCUT2D eigenvalue weighted by molar-refractivity contribution is 9.10. The van der Waals surface area contributed by atoms with E-state index in [4.69, 9.17) is 0 Å². The minimum absolute atomic E-state index is 0.0722. The summed E-state index contributed by atoms with van der Waals surface area (Å²) in [7, 11) is 0. The first kappa shape index (κ1) is 11.4. The second kappa shape index (κ2) is 4.80. The van der Waals surface area contributed by atoms with Crippen LogP contribution in [0.5, 0.6) is 0 Å². The molecule has 1 N–H and O–H groups in total. The molecule has 0 saturated carbocycles. The summed E-state index contributed by atoms with van der Waals surface area (Å²) in [6, 6.07) is 7.57. The van der Waals surface area contributed by atoms with Gasteiger partial charge in [0.05, 0.1) is 5.56 Å². The van der Waals surface area contributed by atoms with E-state index in [2.05, 4.69) is 21.2 Å². The molecule has 0 aliphatic heterocycles. The lowest BCUT2D eigenvalue weighted by atomic mass is 10.2. The number of hydrogen-bond donors (Lipinski definition) is 1. The second-order valence-corrected chi connectivity index (χ2v) is 5.06. The third-order valence-electron chi connectivity index (χ3n) is 2.21. The highest BCUT2D eigenvalue weighted by Crippen LogP contribution is 2.21. The number of aryl methyl sites for hydroxylation is 1. The number of thiophene rings is 1. The Morgan fingerprint density at radius 2 is 2.19 bits per heavy atom. The fourth-order valence-corrected chi connectivity index (χ4v) is 2.28. The average Bonchev–Trinajstić information content (AvgIpc) is 2.77. The summed E-state index contributed by atoms with van der Waals surface area (Å²) in [5.41, 5.74) is 2.64. The monoisotopic (exact) mass is 295 g/mol. The molecule has 0 radical (unpaired) electrons. The van der Waals surface area contributed by atoms with Gasteiger partial charge in [0, 0.05) is 15.5 Å². The maximum absolute atomic E-state index is 11.8. The van der Waals surface area contributed by atoms with E-state index in [1.54, 1.807) is 0 Å². The quantitative estimate of drug-likeness (QED) is 0.889. The molecule has 2 aromatic rings. The van der Waals surface area contributed by atoms with Crippen LogP contribution in [-0.4, -0.2) is 5.91 Å². The fraction of sp³-hybridized carbons (Fsp3) is 0.0833. The first-order chi connectivity index (χ1) is 7.66. The Labute approximate surface area is 106 Å². The molecule has 82 valence electrons. The van der Waals surface area contributed by atoms with Gasteiger partial charge in [-0.1, -0.05) is 22.0 Å². The number of hydrogen-bond acceptors (Lipinski definition) is 2. The van der Waals surface area contributed by atoms with E-state index < -0.39 is 0 Å². The van der Waals surface area contributed by atoms with Crippen molar-refractivity contribution in [3.8, 4) is 0 Å². The van der Waals surface area contributed by atoms with Crippen molar-refractivity contribution in [3.63, 3.8) is 0 Å². The molecule has 2 nitrogen and oxygen atoms in total. The normalized spacial score (nSPS) is 10.1. The molecule has 0 aliphatic rings. The van der Waals surface area contributed by atoms with Gasteiger partial charge in [-0.15, -0.1) is 0 Å². The van der Waals surface area contributed by atoms with Crippen LogP contribution in [0.4, 0.5) is 5.69 Å². The molecule has 0 atom stereocenters. The first-order valence-corrected chi connectivity index (χ1v) is 6.50.